The van der Waals surface area contributed by atoms with Gasteiger partial charge in [-0.25, -0.2) is 4.79 Å². The standard InChI is InChI=1S/C18H14O4/c1-22-15-6-4-11(5-7-15)12-2-3-13-10-17(19)16(18(20)21)9-14(13)8-12/h2-10,19H,1H3,(H,20,21). The molecule has 22 heavy (non-hydrogen) atoms. The van der Waals surface area contributed by atoms with Crippen molar-refractivity contribution >= 4 is 16.7 Å². The lowest BCUT2D eigenvalue weighted by atomic mass is 9.99. The van der Waals surface area contributed by atoms with E-state index in [1.807, 2.05) is 42.5 Å². The fourth-order valence-corrected chi connectivity index (χ4v) is 2.42. The fourth-order valence-electron chi connectivity index (χ4n) is 2.42. The summed E-state index contributed by atoms with van der Waals surface area (Å²) in [6, 6.07) is 16.3. The van der Waals surface area contributed by atoms with Gasteiger partial charge in [0.25, 0.3) is 0 Å². The van der Waals surface area contributed by atoms with E-state index < -0.39 is 5.97 Å². The van der Waals surface area contributed by atoms with Crippen molar-refractivity contribution in [2.45, 2.75) is 0 Å². The summed E-state index contributed by atoms with van der Waals surface area (Å²) in [4.78, 5) is 11.1. The zero-order valence-electron chi connectivity index (χ0n) is 11.9. The molecule has 0 aliphatic carbocycles. The topological polar surface area (TPSA) is 66.8 Å². The highest BCUT2D eigenvalue weighted by molar-refractivity contribution is 5.98. The largest absolute Gasteiger partial charge is 0.507 e. The molecule has 3 aromatic carbocycles. The second-order valence-electron chi connectivity index (χ2n) is 4.96. The number of carboxylic acids is 1. The van der Waals surface area contributed by atoms with Crippen LogP contribution >= 0.6 is 0 Å². The Morgan fingerprint density at radius 1 is 0.909 bits per heavy atom. The molecule has 0 fully saturated rings. The van der Waals surface area contributed by atoms with Gasteiger partial charge in [-0.05, 0) is 52.2 Å². The number of aromatic hydroxyl groups is 1. The van der Waals surface area contributed by atoms with Crippen LogP contribution in [0.2, 0.25) is 0 Å². The number of carbonyl (C=O) groups is 1. The molecule has 4 heteroatoms. The number of benzene rings is 3. The summed E-state index contributed by atoms with van der Waals surface area (Å²) in [5.41, 5.74) is 1.88. The van der Waals surface area contributed by atoms with Gasteiger partial charge >= 0.3 is 5.97 Å². The first kappa shape index (κ1) is 13.9. The quantitative estimate of drug-likeness (QED) is 0.768. The zero-order valence-corrected chi connectivity index (χ0v) is 11.9. The Balaban J connectivity index is 2.11. The van der Waals surface area contributed by atoms with Crippen LogP contribution in [-0.2, 0) is 0 Å². The van der Waals surface area contributed by atoms with E-state index in [9.17, 15) is 9.90 Å². The maximum absolute atomic E-state index is 11.1. The fraction of sp³-hybridized carbons (Fsp3) is 0.0556. The van der Waals surface area contributed by atoms with Crippen molar-refractivity contribution in [3.63, 3.8) is 0 Å². The monoisotopic (exact) mass is 294 g/mol. The summed E-state index contributed by atoms with van der Waals surface area (Å²) in [6.45, 7) is 0. The summed E-state index contributed by atoms with van der Waals surface area (Å²) in [5.74, 6) is -0.589. The lowest BCUT2D eigenvalue weighted by molar-refractivity contribution is 0.0694. The smallest absolute Gasteiger partial charge is 0.339 e. The van der Waals surface area contributed by atoms with Crippen LogP contribution in [0.3, 0.4) is 0 Å². The van der Waals surface area contributed by atoms with E-state index >= 15 is 0 Å². The van der Waals surface area contributed by atoms with Crippen LogP contribution in [-0.4, -0.2) is 23.3 Å². The number of ether oxygens (including phenoxy) is 1. The molecular formula is C18H14O4. The molecule has 0 unspecified atom stereocenters. The number of hydrogen-bond donors (Lipinski definition) is 2. The molecule has 2 N–H and O–H groups in total. The molecule has 0 saturated carbocycles. The molecule has 0 saturated heterocycles. The Labute approximate surface area is 127 Å². The lowest BCUT2D eigenvalue weighted by Crippen LogP contribution is -1.96. The minimum absolute atomic E-state index is 0.0978. The molecule has 4 nitrogen and oxygen atoms in total. The number of fused-ring (bicyclic) bond motifs is 1. The van der Waals surface area contributed by atoms with Gasteiger partial charge in [0.2, 0.25) is 0 Å². The van der Waals surface area contributed by atoms with Crippen molar-refractivity contribution < 1.29 is 19.7 Å². The van der Waals surface area contributed by atoms with Crippen LogP contribution < -0.4 is 4.74 Å². The highest BCUT2D eigenvalue weighted by atomic mass is 16.5. The van der Waals surface area contributed by atoms with Crippen LogP contribution in [0.5, 0.6) is 11.5 Å². The van der Waals surface area contributed by atoms with E-state index in [-0.39, 0.29) is 11.3 Å². The number of methoxy groups -OCH3 is 1. The van der Waals surface area contributed by atoms with Gasteiger partial charge in [-0.2, -0.15) is 0 Å². The Hall–Kier alpha value is -3.01. The van der Waals surface area contributed by atoms with Gasteiger partial charge in [-0.1, -0.05) is 24.3 Å². The Bertz CT molecular complexity index is 851. The number of phenols is 1. The summed E-state index contributed by atoms with van der Waals surface area (Å²) in [6.07, 6.45) is 0. The first-order valence-corrected chi connectivity index (χ1v) is 6.73. The van der Waals surface area contributed by atoms with Crippen LogP contribution in [0.15, 0.2) is 54.6 Å². The second kappa shape index (κ2) is 5.41. The molecule has 0 bridgehead atoms. The van der Waals surface area contributed by atoms with Crippen molar-refractivity contribution in [3.8, 4) is 22.6 Å². The van der Waals surface area contributed by atoms with Crippen LogP contribution in [0.1, 0.15) is 10.4 Å². The Kier molecular flexibility index (Phi) is 3.43. The van der Waals surface area contributed by atoms with Gasteiger partial charge < -0.3 is 14.9 Å². The summed E-state index contributed by atoms with van der Waals surface area (Å²) in [7, 11) is 1.62. The van der Waals surface area contributed by atoms with Crippen LogP contribution in [0, 0.1) is 0 Å². The lowest BCUT2D eigenvalue weighted by Gasteiger charge is -2.07. The van der Waals surface area contributed by atoms with Crippen molar-refractivity contribution in [2.75, 3.05) is 7.11 Å². The molecular weight excluding hydrogens is 280 g/mol. The van der Waals surface area contributed by atoms with Gasteiger partial charge in [-0.15, -0.1) is 0 Å². The van der Waals surface area contributed by atoms with E-state index in [1.165, 1.54) is 12.1 Å². The minimum atomic E-state index is -1.14. The van der Waals surface area contributed by atoms with Gasteiger partial charge in [-0.3, -0.25) is 0 Å². The van der Waals surface area contributed by atoms with E-state index in [4.69, 9.17) is 9.84 Å². The van der Waals surface area contributed by atoms with E-state index in [1.54, 1.807) is 7.11 Å². The molecule has 0 atom stereocenters. The normalized spacial score (nSPS) is 10.6. The van der Waals surface area contributed by atoms with Crippen molar-refractivity contribution in [1.29, 1.82) is 0 Å². The number of hydrogen-bond acceptors (Lipinski definition) is 3. The van der Waals surface area contributed by atoms with Crippen molar-refractivity contribution in [2.24, 2.45) is 0 Å². The molecule has 0 radical (unpaired) electrons. The summed E-state index contributed by atoms with van der Waals surface area (Å²) < 4.78 is 5.14. The van der Waals surface area contributed by atoms with Crippen LogP contribution in [0.4, 0.5) is 0 Å². The first-order valence-electron chi connectivity index (χ1n) is 6.73. The van der Waals surface area contributed by atoms with Gasteiger partial charge in [0, 0.05) is 0 Å². The van der Waals surface area contributed by atoms with Gasteiger partial charge in [0.1, 0.15) is 17.1 Å². The van der Waals surface area contributed by atoms with Crippen LogP contribution in [0.25, 0.3) is 21.9 Å². The molecule has 0 aliphatic heterocycles. The highest BCUT2D eigenvalue weighted by Gasteiger charge is 2.11. The second-order valence-corrected chi connectivity index (χ2v) is 4.96. The maximum Gasteiger partial charge on any atom is 0.339 e. The molecule has 0 aliphatic rings. The maximum atomic E-state index is 11.1. The van der Waals surface area contributed by atoms with E-state index in [2.05, 4.69) is 0 Å². The average molecular weight is 294 g/mol. The first-order chi connectivity index (χ1) is 10.6. The zero-order chi connectivity index (χ0) is 15.7. The number of rotatable bonds is 3. The molecule has 110 valence electrons. The van der Waals surface area contributed by atoms with Crippen molar-refractivity contribution in [1.82, 2.24) is 0 Å². The number of aromatic carboxylic acids is 1. The highest BCUT2D eigenvalue weighted by Crippen LogP contribution is 2.30. The van der Waals surface area contributed by atoms with Gasteiger partial charge in [0.05, 0.1) is 7.11 Å². The minimum Gasteiger partial charge on any atom is -0.507 e. The predicted molar refractivity (Wildman–Crippen MR) is 84.6 cm³/mol. The Morgan fingerprint density at radius 3 is 2.23 bits per heavy atom. The summed E-state index contributed by atoms with van der Waals surface area (Å²) >= 11 is 0. The van der Waals surface area contributed by atoms with E-state index in [0.717, 1.165) is 27.6 Å². The molecule has 0 heterocycles. The third-order valence-electron chi connectivity index (χ3n) is 3.61. The third-order valence-corrected chi connectivity index (χ3v) is 3.61. The third kappa shape index (κ3) is 2.46. The molecule has 3 aromatic rings. The SMILES string of the molecule is COc1ccc(-c2ccc3cc(O)c(C(=O)O)cc3c2)cc1. The molecule has 0 amide bonds. The van der Waals surface area contributed by atoms with E-state index in [0.29, 0.717) is 0 Å². The summed E-state index contributed by atoms with van der Waals surface area (Å²) in [5, 5.41) is 20.4. The predicted octanol–water partition coefficient (Wildman–Crippen LogP) is 3.92. The Morgan fingerprint density at radius 2 is 1.59 bits per heavy atom. The molecule has 0 aromatic heterocycles. The molecule has 3 rings (SSSR count). The average Bonchev–Trinajstić information content (AvgIpc) is 2.53. The van der Waals surface area contributed by atoms with Gasteiger partial charge in [0.15, 0.2) is 0 Å². The molecule has 0 spiro atoms. The van der Waals surface area contributed by atoms with Crippen molar-refractivity contribution in [3.05, 3.63) is 60.2 Å². The number of carboxylic acid groups (broad SMARTS) is 1.